The van der Waals surface area contributed by atoms with Crippen LogP contribution in [0.2, 0.25) is 0 Å². The van der Waals surface area contributed by atoms with Gasteiger partial charge in [0, 0.05) is 6.61 Å². The van der Waals surface area contributed by atoms with Crippen LogP contribution in [0.15, 0.2) is 24.3 Å². The van der Waals surface area contributed by atoms with E-state index in [0.29, 0.717) is 5.92 Å². The van der Waals surface area contributed by atoms with Crippen molar-refractivity contribution in [3.8, 4) is 0 Å². The van der Waals surface area contributed by atoms with Gasteiger partial charge < -0.3 is 10.2 Å². The third kappa shape index (κ3) is 2.24. The Morgan fingerprint density at radius 1 is 1.23 bits per heavy atom. The molecule has 0 amide bonds. The molecule has 1 aromatic rings. The van der Waals surface area contributed by atoms with Crippen LogP contribution in [-0.2, 0) is 11.0 Å². The van der Waals surface area contributed by atoms with Crippen LogP contribution in [-0.4, -0.2) is 16.8 Å². The molecule has 0 spiro atoms. The average molecular weight is 300 g/mol. The lowest BCUT2D eigenvalue weighted by Crippen LogP contribution is -2.48. The van der Waals surface area contributed by atoms with E-state index in [1.54, 1.807) is 0 Å². The molecule has 0 bridgehead atoms. The number of allylic oxidation sites excluding steroid dienone is 1. The quantitative estimate of drug-likeness (QED) is 0.867. The lowest BCUT2D eigenvalue weighted by atomic mass is 9.52. The fourth-order valence-electron chi connectivity index (χ4n) is 4.67. The van der Waals surface area contributed by atoms with E-state index in [-0.39, 0.29) is 17.4 Å². The van der Waals surface area contributed by atoms with Crippen LogP contribution < -0.4 is 0 Å². The Labute approximate surface area is 133 Å². The summed E-state index contributed by atoms with van der Waals surface area (Å²) in [7, 11) is 0. The van der Waals surface area contributed by atoms with E-state index in [1.807, 2.05) is 13.8 Å². The maximum absolute atomic E-state index is 10.3. The summed E-state index contributed by atoms with van der Waals surface area (Å²) in [4.78, 5) is 0. The number of fused-ring (bicyclic) bond motifs is 3. The van der Waals surface area contributed by atoms with Crippen LogP contribution in [0.5, 0.6) is 0 Å². The summed E-state index contributed by atoms with van der Waals surface area (Å²) in [6.45, 7) is 8.46. The second kappa shape index (κ2) is 4.94. The molecule has 0 heterocycles. The van der Waals surface area contributed by atoms with Gasteiger partial charge in [0.15, 0.2) is 0 Å². The largest absolute Gasteiger partial charge is 0.396 e. The Morgan fingerprint density at radius 3 is 2.59 bits per heavy atom. The van der Waals surface area contributed by atoms with Gasteiger partial charge in [-0.05, 0) is 66.2 Å². The van der Waals surface area contributed by atoms with Gasteiger partial charge in [-0.15, -0.1) is 0 Å². The van der Waals surface area contributed by atoms with Crippen molar-refractivity contribution in [1.29, 1.82) is 0 Å². The molecule has 3 atom stereocenters. The van der Waals surface area contributed by atoms with E-state index in [2.05, 4.69) is 44.2 Å². The molecule has 120 valence electrons. The first kappa shape index (κ1) is 15.8. The molecule has 0 saturated heterocycles. The van der Waals surface area contributed by atoms with Crippen molar-refractivity contribution in [1.82, 2.24) is 0 Å². The van der Waals surface area contributed by atoms with Gasteiger partial charge in [0.25, 0.3) is 0 Å². The van der Waals surface area contributed by atoms with E-state index in [0.717, 1.165) is 24.8 Å². The highest BCUT2D eigenvalue weighted by Crippen LogP contribution is 2.55. The molecule has 1 fully saturated rings. The SMILES string of the molecule is CC(C)(O)c1ccc2c(c1)C=C[C@H]1[C@@](C)(CO)CCC[C@]21C. The van der Waals surface area contributed by atoms with Gasteiger partial charge in [-0.2, -0.15) is 0 Å². The minimum Gasteiger partial charge on any atom is -0.396 e. The van der Waals surface area contributed by atoms with Crippen LogP contribution >= 0.6 is 0 Å². The molecular weight excluding hydrogens is 272 g/mol. The predicted molar refractivity (Wildman–Crippen MR) is 90.6 cm³/mol. The highest BCUT2D eigenvalue weighted by atomic mass is 16.3. The van der Waals surface area contributed by atoms with Gasteiger partial charge >= 0.3 is 0 Å². The van der Waals surface area contributed by atoms with Gasteiger partial charge in [0.2, 0.25) is 0 Å². The van der Waals surface area contributed by atoms with E-state index < -0.39 is 5.60 Å². The summed E-state index contributed by atoms with van der Waals surface area (Å²) in [6, 6.07) is 6.38. The summed E-state index contributed by atoms with van der Waals surface area (Å²) in [5, 5.41) is 20.2. The Balaban J connectivity index is 2.10. The fraction of sp³-hybridized carbons (Fsp3) is 0.600. The summed E-state index contributed by atoms with van der Waals surface area (Å²) in [5.74, 6) is 0.374. The number of aliphatic hydroxyl groups is 2. The number of aliphatic hydroxyl groups excluding tert-OH is 1. The average Bonchev–Trinajstić information content (AvgIpc) is 2.45. The summed E-state index contributed by atoms with van der Waals surface area (Å²) < 4.78 is 0. The van der Waals surface area contributed by atoms with E-state index in [4.69, 9.17) is 0 Å². The molecule has 3 rings (SSSR count). The van der Waals surface area contributed by atoms with E-state index >= 15 is 0 Å². The van der Waals surface area contributed by atoms with Crippen molar-refractivity contribution in [2.45, 2.75) is 58.0 Å². The first-order valence-electron chi connectivity index (χ1n) is 8.37. The second-order valence-electron chi connectivity index (χ2n) is 8.28. The smallest absolute Gasteiger partial charge is 0.0840 e. The Morgan fingerprint density at radius 2 is 1.95 bits per heavy atom. The minimum atomic E-state index is -0.813. The van der Waals surface area contributed by atoms with Crippen LogP contribution in [0.1, 0.15) is 63.6 Å². The molecular formula is C20H28O2. The third-order valence-electron chi connectivity index (χ3n) is 6.08. The standard InChI is InChI=1S/C20H28O2/c1-18(2,22)15-7-8-16-14(12-15)6-9-17-19(3,13-21)10-5-11-20(16,17)4/h6-9,12,17,21-22H,5,10-11,13H2,1-4H3/t17-,19+,20+/m0/s1. The Hall–Kier alpha value is -1.12. The zero-order chi connectivity index (χ0) is 16.2. The molecule has 2 heteroatoms. The molecule has 2 nitrogen and oxygen atoms in total. The highest BCUT2D eigenvalue weighted by molar-refractivity contribution is 5.62. The summed E-state index contributed by atoms with van der Waals surface area (Å²) in [5.41, 5.74) is 2.78. The molecule has 2 aliphatic rings. The predicted octanol–water partition coefficient (Wildman–Crippen LogP) is 4.00. The molecule has 1 saturated carbocycles. The zero-order valence-corrected chi connectivity index (χ0v) is 14.2. The number of hydrogen-bond acceptors (Lipinski definition) is 2. The maximum atomic E-state index is 10.3. The lowest BCUT2D eigenvalue weighted by molar-refractivity contribution is 0.0170. The normalized spacial score (nSPS) is 34.2. The van der Waals surface area contributed by atoms with Crippen molar-refractivity contribution in [3.05, 3.63) is 41.0 Å². The molecule has 22 heavy (non-hydrogen) atoms. The van der Waals surface area contributed by atoms with Crippen LogP contribution in [0.3, 0.4) is 0 Å². The minimum absolute atomic E-state index is 0.0316. The van der Waals surface area contributed by atoms with Crippen molar-refractivity contribution >= 4 is 6.08 Å². The molecule has 2 N–H and O–H groups in total. The fourth-order valence-corrected chi connectivity index (χ4v) is 4.67. The zero-order valence-electron chi connectivity index (χ0n) is 14.2. The molecule has 2 aliphatic carbocycles. The van der Waals surface area contributed by atoms with Gasteiger partial charge in [0.1, 0.15) is 0 Å². The van der Waals surface area contributed by atoms with Crippen molar-refractivity contribution in [3.63, 3.8) is 0 Å². The first-order chi connectivity index (χ1) is 10.2. The lowest BCUT2D eigenvalue weighted by Gasteiger charge is -2.53. The molecule has 1 aromatic carbocycles. The van der Waals surface area contributed by atoms with Crippen molar-refractivity contribution < 1.29 is 10.2 Å². The Bertz CT molecular complexity index is 611. The van der Waals surface area contributed by atoms with Crippen LogP contribution in [0.25, 0.3) is 6.08 Å². The number of benzene rings is 1. The van der Waals surface area contributed by atoms with Crippen molar-refractivity contribution in [2.24, 2.45) is 11.3 Å². The second-order valence-corrected chi connectivity index (χ2v) is 8.28. The topological polar surface area (TPSA) is 40.5 Å². The maximum Gasteiger partial charge on any atom is 0.0840 e. The number of rotatable bonds is 2. The highest BCUT2D eigenvalue weighted by Gasteiger charge is 2.50. The molecule has 0 aliphatic heterocycles. The molecule has 0 unspecified atom stereocenters. The molecule has 0 aromatic heterocycles. The van der Waals surface area contributed by atoms with Gasteiger partial charge in [-0.3, -0.25) is 0 Å². The van der Waals surface area contributed by atoms with Gasteiger partial charge in [0.05, 0.1) is 5.60 Å². The first-order valence-corrected chi connectivity index (χ1v) is 8.37. The number of hydrogen-bond donors (Lipinski definition) is 2. The Kier molecular flexibility index (Phi) is 3.54. The van der Waals surface area contributed by atoms with Crippen molar-refractivity contribution in [2.75, 3.05) is 6.61 Å². The van der Waals surface area contributed by atoms with Gasteiger partial charge in [-0.25, -0.2) is 0 Å². The monoisotopic (exact) mass is 300 g/mol. The van der Waals surface area contributed by atoms with Crippen LogP contribution in [0.4, 0.5) is 0 Å². The van der Waals surface area contributed by atoms with Gasteiger partial charge in [-0.1, -0.05) is 44.6 Å². The molecule has 0 radical (unpaired) electrons. The summed E-state index contributed by atoms with van der Waals surface area (Å²) in [6.07, 6.45) is 7.89. The van der Waals surface area contributed by atoms with Crippen LogP contribution in [0, 0.1) is 11.3 Å². The van der Waals surface area contributed by atoms with E-state index in [9.17, 15) is 10.2 Å². The third-order valence-corrected chi connectivity index (χ3v) is 6.08. The summed E-state index contributed by atoms with van der Waals surface area (Å²) >= 11 is 0. The van der Waals surface area contributed by atoms with E-state index in [1.165, 1.54) is 11.1 Å².